The maximum Gasteiger partial charge on any atom is 0.239 e. The molecule has 0 radical (unpaired) electrons. The first-order valence-corrected chi connectivity index (χ1v) is 10.7. The zero-order valence-electron chi connectivity index (χ0n) is 15.8. The third kappa shape index (κ3) is 4.19. The van der Waals surface area contributed by atoms with Crippen molar-refractivity contribution in [1.82, 2.24) is 19.9 Å². The second-order valence-corrected chi connectivity index (χ2v) is 8.48. The largest absolute Gasteiger partial charge is 0.335 e. The number of nitrogens with one attached hydrogen (secondary N) is 1. The van der Waals surface area contributed by atoms with E-state index in [4.69, 9.17) is 5.84 Å². The van der Waals surface area contributed by atoms with Crippen molar-refractivity contribution >= 4 is 34.1 Å². The molecule has 7 nitrogen and oxygen atoms in total. The minimum absolute atomic E-state index is 0.190. The van der Waals surface area contributed by atoms with Gasteiger partial charge in [-0.1, -0.05) is 54.2 Å². The number of carbonyl (C=O) groups excluding carboxylic acids is 1. The summed E-state index contributed by atoms with van der Waals surface area (Å²) in [6.45, 7) is 1.73. The number of nitrogens with two attached hydrogens (primary N) is 1. The minimum atomic E-state index is -0.519. The molecule has 4 rings (SSSR count). The van der Waals surface area contributed by atoms with Crippen molar-refractivity contribution in [3.8, 4) is 22.6 Å². The highest BCUT2D eigenvalue weighted by Crippen LogP contribution is 2.28. The van der Waals surface area contributed by atoms with Gasteiger partial charge in [0.05, 0.1) is 16.5 Å². The van der Waals surface area contributed by atoms with Crippen molar-refractivity contribution in [2.45, 2.75) is 17.3 Å². The number of thiazole rings is 1. The first-order valence-electron chi connectivity index (χ1n) is 8.97. The summed E-state index contributed by atoms with van der Waals surface area (Å²) in [6, 6.07) is 15.9. The van der Waals surface area contributed by atoms with Crippen molar-refractivity contribution in [3.63, 3.8) is 0 Å². The van der Waals surface area contributed by atoms with Crippen LogP contribution in [-0.4, -0.2) is 31.0 Å². The van der Waals surface area contributed by atoms with Gasteiger partial charge in [0.1, 0.15) is 5.82 Å². The number of aromatic nitrogens is 4. The van der Waals surface area contributed by atoms with Gasteiger partial charge in [-0.3, -0.25) is 4.79 Å². The van der Waals surface area contributed by atoms with Gasteiger partial charge in [-0.2, -0.15) is 0 Å². The van der Waals surface area contributed by atoms with Gasteiger partial charge in [0, 0.05) is 10.9 Å². The van der Waals surface area contributed by atoms with Crippen LogP contribution in [0.3, 0.4) is 0 Å². The molecule has 0 bridgehead atoms. The smallest absolute Gasteiger partial charge is 0.239 e. The van der Waals surface area contributed by atoms with Gasteiger partial charge in [-0.05, 0) is 19.1 Å². The number of nitrogens with zero attached hydrogens (tertiary/aromatic N) is 4. The normalized spacial score (nSPS) is 11.9. The number of benzene rings is 2. The molecule has 4 aromatic rings. The zero-order chi connectivity index (χ0) is 21.1. The highest BCUT2D eigenvalue weighted by molar-refractivity contribution is 8.00. The molecule has 152 valence electrons. The van der Waals surface area contributed by atoms with Crippen molar-refractivity contribution in [3.05, 3.63) is 65.8 Å². The first-order chi connectivity index (χ1) is 14.5. The summed E-state index contributed by atoms with van der Waals surface area (Å²) in [6.07, 6.45) is 0. The van der Waals surface area contributed by atoms with Crippen molar-refractivity contribution in [1.29, 1.82) is 0 Å². The fourth-order valence-corrected chi connectivity index (χ4v) is 4.17. The predicted molar refractivity (Wildman–Crippen MR) is 117 cm³/mol. The van der Waals surface area contributed by atoms with E-state index in [1.54, 1.807) is 25.1 Å². The van der Waals surface area contributed by atoms with Gasteiger partial charge in [0.25, 0.3) is 0 Å². The lowest BCUT2D eigenvalue weighted by atomic mass is 10.2. The molecule has 0 fully saturated rings. The van der Waals surface area contributed by atoms with Gasteiger partial charge < -0.3 is 11.2 Å². The van der Waals surface area contributed by atoms with Crippen molar-refractivity contribution < 1.29 is 9.18 Å². The molecular weight excluding hydrogens is 423 g/mol. The SMILES string of the molecule is C[C@@H](Sc1nnc(-c2ccccc2F)n1N)C(=O)Nc1nc(-c2ccccc2)cs1. The zero-order valence-corrected chi connectivity index (χ0v) is 17.5. The maximum absolute atomic E-state index is 14.0. The molecule has 0 spiro atoms. The van der Waals surface area contributed by atoms with E-state index < -0.39 is 11.1 Å². The van der Waals surface area contributed by atoms with Gasteiger partial charge in [-0.25, -0.2) is 14.1 Å². The molecular formula is C20H17FN6OS2. The first kappa shape index (κ1) is 20.0. The lowest BCUT2D eigenvalue weighted by molar-refractivity contribution is -0.115. The van der Waals surface area contributed by atoms with Crippen LogP contribution in [0.2, 0.25) is 0 Å². The molecule has 2 aromatic carbocycles. The van der Waals surface area contributed by atoms with E-state index >= 15 is 0 Å². The van der Waals surface area contributed by atoms with Crippen molar-refractivity contribution in [2.24, 2.45) is 0 Å². The summed E-state index contributed by atoms with van der Waals surface area (Å²) < 4.78 is 15.2. The van der Waals surface area contributed by atoms with Crippen LogP contribution in [0.1, 0.15) is 6.92 Å². The Hall–Kier alpha value is -3.24. The van der Waals surface area contributed by atoms with Crippen LogP contribution >= 0.6 is 23.1 Å². The van der Waals surface area contributed by atoms with Crippen LogP contribution in [0.15, 0.2) is 65.1 Å². The summed E-state index contributed by atoms with van der Waals surface area (Å²) in [5.41, 5.74) is 2.02. The summed E-state index contributed by atoms with van der Waals surface area (Å²) in [5.74, 6) is 5.53. The Kier molecular flexibility index (Phi) is 5.77. The van der Waals surface area contributed by atoms with E-state index in [2.05, 4.69) is 20.5 Å². The van der Waals surface area contributed by atoms with E-state index in [1.807, 2.05) is 35.7 Å². The number of hydrogen-bond acceptors (Lipinski definition) is 7. The predicted octanol–water partition coefficient (Wildman–Crippen LogP) is 4.04. The third-order valence-corrected chi connectivity index (χ3v) is 6.05. The summed E-state index contributed by atoms with van der Waals surface area (Å²) >= 11 is 2.48. The molecule has 0 saturated heterocycles. The lowest BCUT2D eigenvalue weighted by Gasteiger charge is -2.10. The Morgan fingerprint density at radius 3 is 2.67 bits per heavy atom. The monoisotopic (exact) mass is 440 g/mol. The molecule has 0 aliphatic heterocycles. The van der Waals surface area contributed by atoms with Gasteiger partial charge >= 0.3 is 0 Å². The number of anilines is 1. The van der Waals surface area contributed by atoms with E-state index in [0.717, 1.165) is 23.0 Å². The molecule has 30 heavy (non-hydrogen) atoms. The fourth-order valence-electron chi connectivity index (χ4n) is 2.67. The molecule has 0 unspecified atom stereocenters. The molecule has 0 aliphatic rings. The van der Waals surface area contributed by atoms with Crippen LogP contribution in [-0.2, 0) is 4.79 Å². The number of hydrogen-bond donors (Lipinski definition) is 2. The Labute approximate surface area is 180 Å². The van der Waals surface area contributed by atoms with Crippen LogP contribution in [0.5, 0.6) is 0 Å². The molecule has 3 N–H and O–H groups in total. The van der Waals surface area contributed by atoms with Gasteiger partial charge in [0.15, 0.2) is 11.0 Å². The number of nitrogen functional groups attached to an aromatic ring is 1. The lowest BCUT2D eigenvalue weighted by Crippen LogP contribution is -2.23. The Morgan fingerprint density at radius 2 is 1.90 bits per heavy atom. The van der Waals surface area contributed by atoms with E-state index in [1.165, 1.54) is 22.1 Å². The second-order valence-electron chi connectivity index (χ2n) is 6.31. The van der Waals surface area contributed by atoms with Crippen LogP contribution in [0.25, 0.3) is 22.6 Å². The van der Waals surface area contributed by atoms with E-state index in [-0.39, 0.29) is 17.3 Å². The summed E-state index contributed by atoms with van der Waals surface area (Å²) in [5, 5.41) is 13.0. The van der Waals surface area contributed by atoms with Gasteiger partial charge in [0.2, 0.25) is 11.1 Å². The fraction of sp³-hybridized carbons (Fsp3) is 0.100. The van der Waals surface area contributed by atoms with Crippen LogP contribution in [0, 0.1) is 5.82 Å². The quantitative estimate of drug-likeness (QED) is 0.347. The van der Waals surface area contributed by atoms with Gasteiger partial charge in [-0.15, -0.1) is 21.5 Å². The molecule has 1 atom stereocenters. The maximum atomic E-state index is 14.0. The number of carbonyl (C=O) groups is 1. The Bertz CT molecular complexity index is 1180. The van der Waals surface area contributed by atoms with E-state index in [0.29, 0.717) is 10.3 Å². The molecule has 0 aliphatic carbocycles. The molecule has 0 saturated carbocycles. The molecule has 10 heteroatoms. The van der Waals surface area contributed by atoms with Crippen molar-refractivity contribution in [2.75, 3.05) is 11.2 Å². The Morgan fingerprint density at radius 1 is 1.17 bits per heavy atom. The number of halogens is 1. The summed E-state index contributed by atoms with van der Waals surface area (Å²) in [4.78, 5) is 17.0. The number of rotatable bonds is 6. The average Bonchev–Trinajstić information content (AvgIpc) is 3.36. The summed E-state index contributed by atoms with van der Waals surface area (Å²) in [7, 11) is 0. The van der Waals surface area contributed by atoms with Crippen LogP contribution < -0.4 is 11.2 Å². The number of thioether (sulfide) groups is 1. The highest BCUT2D eigenvalue weighted by Gasteiger charge is 2.22. The standard InChI is InChI=1S/C20H17FN6OS2/c1-12(18(28)24-19-23-16(11-29-19)13-7-3-2-4-8-13)30-20-26-25-17(27(20)22)14-9-5-6-10-15(14)21/h2-12H,22H2,1H3,(H,23,24,28)/t12-/m1/s1. The molecule has 2 heterocycles. The second kappa shape index (κ2) is 8.64. The third-order valence-electron chi connectivity index (χ3n) is 4.23. The average molecular weight is 441 g/mol. The molecule has 2 aromatic heterocycles. The topological polar surface area (TPSA) is 98.7 Å². The minimum Gasteiger partial charge on any atom is -0.335 e. The van der Waals surface area contributed by atoms with E-state index in [9.17, 15) is 9.18 Å². The highest BCUT2D eigenvalue weighted by atomic mass is 32.2. The van der Waals surface area contributed by atoms with Crippen LogP contribution in [0.4, 0.5) is 9.52 Å². The number of amides is 1. The molecule has 1 amide bonds. The Balaban J connectivity index is 1.43.